The third kappa shape index (κ3) is 3.94. The lowest BCUT2D eigenvalue weighted by molar-refractivity contribution is 0.411. The molecule has 0 aliphatic heterocycles. The zero-order chi connectivity index (χ0) is 17.9. The van der Waals surface area contributed by atoms with Gasteiger partial charge in [0.2, 0.25) is 10.0 Å². The van der Waals surface area contributed by atoms with Gasteiger partial charge in [-0.25, -0.2) is 17.5 Å². The Bertz CT molecular complexity index is 834. The first-order chi connectivity index (χ1) is 11.3. The molecule has 130 valence electrons. The Kier molecular flexibility index (Phi) is 5.62. The molecule has 0 amide bonds. The van der Waals surface area contributed by atoms with Crippen molar-refractivity contribution in [2.75, 3.05) is 7.11 Å². The summed E-state index contributed by atoms with van der Waals surface area (Å²) in [6.07, 6.45) is 0.588. The van der Waals surface area contributed by atoms with E-state index in [4.69, 9.17) is 4.74 Å². The smallest absolute Gasteiger partial charge is 0.241 e. The van der Waals surface area contributed by atoms with E-state index in [1.54, 1.807) is 14.0 Å². The summed E-state index contributed by atoms with van der Waals surface area (Å²) in [7, 11) is -2.14. The first-order valence-corrected chi connectivity index (χ1v) is 9.19. The molecule has 2 aromatic carbocycles. The minimum atomic E-state index is -3.74. The highest BCUT2D eigenvalue weighted by molar-refractivity contribution is 7.89. The fourth-order valence-corrected chi connectivity index (χ4v) is 3.94. The number of ether oxygens (including phenoxy) is 1. The maximum atomic E-state index is 13.4. The van der Waals surface area contributed by atoms with Crippen LogP contribution < -0.4 is 9.46 Å². The Hall–Kier alpha value is -1.92. The molecule has 6 heteroatoms. The van der Waals surface area contributed by atoms with Crippen molar-refractivity contribution in [3.8, 4) is 5.75 Å². The van der Waals surface area contributed by atoms with Crippen molar-refractivity contribution in [1.82, 2.24) is 4.72 Å². The SMILES string of the molecule is CC[C@H](NS(=O)(=O)c1ccc(F)c(C)c1)c1ccc(OC)c(C)c1. The molecule has 0 unspecified atom stereocenters. The van der Waals surface area contributed by atoms with E-state index < -0.39 is 15.8 Å². The number of hydrogen-bond donors (Lipinski definition) is 1. The number of sulfonamides is 1. The molecule has 0 aliphatic rings. The Morgan fingerprint density at radius 1 is 1.12 bits per heavy atom. The van der Waals surface area contributed by atoms with E-state index in [2.05, 4.69) is 4.72 Å². The molecule has 0 heterocycles. The molecule has 2 rings (SSSR count). The molecular weight excluding hydrogens is 329 g/mol. The summed E-state index contributed by atoms with van der Waals surface area (Å²) in [5, 5.41) is 0. The highest BCUT2D eigenvalue weighted by atomic mass is 32.2. The average molecular weight is 351 g/mol. The summed E-state index contributed by atoms with van der Waals surface area (Å²) in [6.45, 7) is 5.36. The largest absolute Gasteiger partial charge is 0.496 e. The molecule has 4 nitrogen and oxygen atoms in total. The molecular formula is C18H22FNO3S. The zero-order valence-electron chi connectivity index (χ0n) is 14.3. The van der Waals surface area contributed by atoms with Crippen LogP contribution in [0.15, 0.2) is 41.3 Å². The first kappa shape index (κ1) is 18.4. The number of halogens is 1. The van der Waals surface area contributed by atoms with Crippen LogP contribution in [0.1, 0.15) is 36.1 Å². The zero-order valence-corrected chi connectivity index (χ0v) is 15.1. The lowest BCUT2D eigenvalue weighted by Gasteiger charge is -2.19. The third-order valence-corrected chi connectivity index (χ3v) is 5.44. The topological polar surface area (TPSA) is 55.4 Å². The van der Waals surface area contributed by atoms with Crippen LogP contribution in [0.2, 0.25) is 0 Å². The number of aryl methyl sites for hydroxylation is 2. The molecule has 0 aromatic heterocycles. The predicted molar refractivity (Wildman–Crippen MR) is 92.2 cm³/mol. The molecule has 1 atom stereocenters. The molecule has 0 radical (unpaired) electrons. The Labute approximate surface area is 142 Å². The van der Waals surface area contributed by atoms with Crippen LogP contribution in [0.5, 0.6) is 5.75 Å². The highest BCUT2D eigenvalue weighted by Gasteiger charge is 2.21. The Balaban J connectivity index is 2.31. The summed E-state index contributed by atoms with van der Waals surface area (Å²) in [5.74, 6) is 0.331. The molecule has 0 saturated heterocycles. The normalized spacial score (nSPS) is 12.9. The Morgan fingerprint density at radius 2 is 1.83 bits per heavy atom. The minimum Gasteiger partial charge on any atom is -0.496 e. The number of benzene rings is 2. The second-order valence-corrected chi connectivity index (χ2v) is 7.44. The van der Waals surface area contributed by atoms with Crippen molar-refractivity contribution in [3.05, 3.63) is 58.9 Å². The van der Waals surface area contributed by atoms with E-state index in [0.29, 0.717) is 12.0 Å². The van der Waals surface area contributed by atoms with Crippen molar-refractivity contribution in [1.29, 1.82) is 0 Å². The van der Waals surface area contributed by atoms with Gasteiger partial charge in [0.25, 0.3) is 0 Å². The van der Waals surface area contributed by atoms with Gasteiger partial charge in [0.05, 0.1) is 12.0 Å². The monoisotopic (exact) mass is 351 g/mol. The quantitative estimate of drug-likeness (QED) is 0.859. The number of nitrogens with one attached hydrogen (secondary N) is 1. The van der Waals surface area contributed by atoms with E-state index in [0.717, 1.165) is 16.9 Å². The van der Waals surface area contributed by atoms with Crippen LogP contribution in [-0.4, -0.2) is 15.5 Å². The van der Waals surface area contributed by atoms with Crippen LogP contribution in [0, 0.1) is 19.7 Å². The van der Waals surface area contributed by atoms with Gasteiger partial charge in [-0.1, -0.05) is 19.1 Å². The molecule has 0 bridgehead atoms. The predicted octanol–water partition coefficient (Wildman–Crippen LogP) is 3.88. The van der Waals surface area contributed by atoms with Gasteiger partial charge in [-0.3, -0.25) is 0 Å². The van der Waals surface area contributed by atoms with Crippen molar-refractivity contribution in [3.63, 3.8) is 0 Å². The van der Waals surface area contributed by atoms with Gasteiger partial charge in [0.1, 0.15) is 11.6 Å². The molecule has 0 spiro atoms. The molecule has 24 heavy (non-hydrogen) atoms. The summed E-state index contributed by atoms with van der Waals surface area (Å²) in [4.78, 5) is 0.0603. The van der Waals surface area contributed by atoms with E-state index >= 15 is 0 Å². The minimum absolute atomic E-state index is 0.0603. The van der Waals surface area contributed by atoms with Crippen LogP contribution in [0.3, 0.4) is 0 Å². The lowest BCUT2D eigenvalue weighted by Crippen LogP contribution is -2.28. The molecule has 0 saturated carbocycles. The van der Waals surface area contributed by atoms with Gasteiger partial charge in [-0.2, -0.15) is 0 Å². The third-order valence-electron chi connectivity index (χ3n) is 3.97. The first-order valence-electron chi connectivity index (χ1n) is 7.71. The van der Waals surface area contributed by atoms with E-state index in [9.17, 15) is 12.8 Å². The van der Waals surface area contributed by atoms with Crippen molar-refractivity contribution >= 4 is 10.0 Å². The second kappa shape index (κ2) is 7.32. The summed E-state index contributed by atoms with van der Waals surface area (Å²) in [5.41, 5.74) is 2.09. The highest BCUT2D eigenvalue weighted by Crippen LogP contribution is 2.26. The van der Waals surface area contributed by atoms with Crippen LogP contribution in [0.25, 0.3) is 0 Å². The number of methoxy groups -OCH3 is 1. The van der Waals surface area contributed by atoms with Crippen molar-refractivity contribution in [2.24, 2.45) is 0 Å². The van der Waals surface area contributed by atoms with Gasteiger partial charge in [-0.05, 0) is 61.2 Å². The number of rotatable bonds is 6. The van der Waals surface area contributed by atoms with Crippen LogP contribution in [-0.2, 0) is 10.0 Å². The maximum absolute atomic E-state index is 13.4. The lowest BCUT2D eigenvalue weighted by atomic mass is 10.0. The molecule has 2 aromatic rings. The van der Waals surface area contributed by atoms with Crippen LogP contribution >= 0.6 is 0 Å². The summed E-state index contributed by atoms with van der Waals surface area (Å²) in [6, 6.07) is 8.99. The average Bonchev–Trinajstić information content (AvgIpc) is 2.55. The van der Waals surface area contributed by atoms with Gasteiger partial charge < -0.3 is 4.74 Å². The van der Waals surface area contributed by atoms with Gasteiger partial charge in [0.15, 0.2) is 0 Å². The second-order valence-electron chi connectivity index (χ2n) is 5.72. The van der Waals surface area contributed by atoms with Gasteiger partial charge >= 0.3 is 0 Å². The van der Waals surface area contributed by atoms with Crippen molar-refractivity contribution in [2.45, 2.75) is 38.1 Å². The standard InChI is InChI=1S/C18H22FNO3S/c1-5-17(14-6-9-18(23-4)13(3)10-14)20-24(21,22)15-7-8-16(19)12(2)11-15/h6-11,17,20H,5H2,1-4H3/t17-/m0/s1. The molecule has 0 fully saturated rings. The summed E-state index contributed by atoms with van der Waals surface area (Å²) < 4.78 is 46.5. The Morgan fingerprint density at radius 3 is 2.38 bits per heavy atom. The molecule has 1 N–H and O–H groups in total. The van der Waals surface area contributed by atoms with Crippen LogP contribution in [0.4, 0.5) is 4.39 Å². The van der Waals surface area contributed by atoms with E-state index in [-0.39, 0.29) is 10.9 Å². The maximum Gasteiger partial charge on any atom is 0.241 e. The van der Waals surface area contributed by atoms with E-state index in [1.807, 2.05) is 32.0 Å². The summed E-state index contributed by atoms with van der Waals surface area (Å²) >= 11 is 0. The fourth-order valence-electron chi connectivity index (χ4n) is 2.55. The van der Waals surface area contributed by atoms with Crippen molar-refractivity contribution < 1.29 is 17.5 Å². The molecule has 0 aliphatic carbocycles. The number of hydrogen-bond acceptors (Lipinski definition) is 3. The van der Waals surface area contributed by atoms with Gasteiger partial charge in [0, 0.05) is 6.04 Å². The van der Waals surface area contributed by atoms with Gasteiger partial charge in [-0.15, -0.1) is 0 Å². The van der Waals surface area contributed by atoms with E-state index in [1.165, 1.54) is 18.2 Å². The fraction of sp³-hybridized carbons (Fsp3) is 0.333.